The zero-order valence-corrected chi connectivity index (χ0v) is 6.39. The van der Waals surface area contributed by atoms with Crippen LogP contribution in [0, 0.1) is 0 Å². The van der Waals surface area contributed by atoms with E-state index in [1.807, 2.05) is 0 Å². The molecule has 1 rings (SSSR count). The average Bonchev–Trinajstić information content (AvgIpc) is 1.97. The Balaban J connectivity index is 3.46. The summed E-state index contributed by atoms with van der Waals surface area (Å²) < 4.78 is 0. The second kappa shape index (κ2) is 2.35. The molecule has 0 unspecified atom stereocenters. The van der Waals surface area contributed by atoms with Crippen LogP contribution in [-0.4, -0.2) is 4.98 Å². The number of pyridine rings is 1. The average molecular weight is 174 g/mol. The molecule has 8 N–H and O–H groups in total. The first-order chi connectivity index (χ1) is 5.04. The Hall–Kier alpha value is -1.36. The molecule has 0 fully saturated rings. The summed E-state index contributed by atoms with van der Waals surface area (Å²) in [5, 5.41) is 0.0780. The van der Waals surface area contributed by atoms with Crippen molar-refractivity contribution in [2.24, 2.45) is 0 Å². The number of aromatic nitrogens is 1. The summed E-state index contributed by atoms with van der Waals surface area (Å²) in [5.74, 6) is 0.0988. The Morgan fingerprint density at radius 1 is 0.909 bits per heavy atom. The van der Waals surface area contributed by atoms with E-state index in [9.17, 15) is 0 Å². The monoisotopic (exact) mass is 173 g/mol. The van der Waals surface area contributed by atoms with Crippen molar-refractivity contribution in [1.29, 1.82) is 0 Å². The third-order valence-electron chi connectivity index (χ3n) is 1.30. The van der Waals surface area contributed by atoms with Crippen molar-refractivity contribution in [2.45, 2.75) is 0 Å². The Kier molecular flexibility index (Phi) is 1.66. The summed E-state index contributed by atoms with van der Waals surface area (Å²) in [6.07, 6.45) is 0. The van der Waals surface area contributed by atoms with Crippen molar-refractivity contribution in [1.82, 2.24) is 4.98 Å². The van der Waals surface area contributed by atoms with Crippen LogP contribution in [0.25, 0.3) is 0 Å². The molecule has 60 valence electrons. The third-order valence-corrected chi connectivity index (χ3v) is 1.59. The molecule has 5 nitrogen and oxygen atoms in total. The lowest BCUT2D eigenvalue weighted by atomic mass is 10.3. The summed E-state index contributed by atoms with van der Waals surface area (Å²) in [5.41, 5.74) is 22.1. The number of hydrogen-bond acceptors (Lipinski definition) is 5. The number of rotatable bonds is 0. The number of anilines is 4. The van der Waals surface area contributed by atoms with Crippen molar-refractivity contribution in [3.05, 3.63) is 5.15 Å². The van der Waals surface area contributed by atoms with Crippen molar-refractivity contribution in [3.63, 3.8) is 0 Å². The third kappa shape index (κ3) is 1.10. The molecule has 0 amide bonds. The minimum absolute atomic E-state index is 0.0780. The van der Waals surface area contributed by atoms with Gasteiger partial charge in [-0.15, -0.1) is 0 Å². The lowest BCUT2D eigenvalue weighted by molar-refractivity contribution is 1.34. The number of hydrogen-bond donors (Lipinski definition) is 4. The molecule has 0 bridgehead atoms. The van der Waals surface area contributed by atoms with Crippen LogP contribution in [0.15, 0.2) is 0 Å². The van der Waals surface area contributed by atoms with E-state index < -0.39 is 0 Å². The molecule has 0 aromatic carbocycles. The highest BCUT2D eigenvalue weighted by Crippen LogP contribution is 2.31. The molecule has 0 atom stereocenters. The van der Waals surface area contributed by atoms with E-state index in [0.29, 0.717) is 0 Å². The van der Waals surface area contributed by atoms with Gasteiger partial charge in [-0.3, -0.25) is 0 Å². The van der Waals surface area contributed by atoms with Crippen molar-refractivity contribution in [3.8, 4) is 0 Å². The molecule has 0 saturated heterocycles. The van der Waals surface area contributed by atoms with Crippen LogP contribution in [-0.2, 0) is 0 Å². The van der Waals surface area contributed by atoms with Gasteiger partial charge in [0.05, 0.1) is 17.1 Å². The molecule has 0 aliphatic heterocycles. The van der Waals surface area contributed by atoms with E-state index in [4.69, 9.17) is 34.5 Å². The minimum Gasteiger partial charge on any atom is -0.395 e. The van der Waals surface area contributed by atoms with Crippen LogP contribution in [0.1, 0.15) is 0 Å². The molecule has 1 aromatic heterocycles. The van der Waals surface area contributed by atoms with Gasteiger partial charge in [0.1, 0.15) is 0 Å². The van der Waals surface area contributed by atoms with Crippen molar-refractivity contribution < 1.29 is 0 Å². The van der Waals surface area contributed by atoms with Gasteiger partial charge in [-0.2, -0.15) is 0 Å². The molecular formula is C5H8ClN5. The molecule has 1 aromatic rings. The number of nitrogens with zero attached hydrogens (tertiary/aromatic N) is 1. The van der Waals surface area contributed by atoms with Gasteiger partial charge in [-0.1, -0.05) is 11.6 Å². The van der Waals surface area contributed by atoms with Gasteiger partial charge < -0.3 is 22.9 Å². The highest BCUT2D eigenvalue weighted by atomic mass is 35.5. The molecule has 0 spiro atoms. The molecular weight excluding hydrogens is 166 g/mol. The Labute approximate surface area is 68.3 Å². The second-order valence-electron chi connectivity index (χ2n) is 2.03. The van der Waals surface area contributed by atoms with Gasteiger partial charge in [0.2, 0.25) is 0 Å². The maximum absolute atomic E-state index is 5.54. The number of nitrogens with two attached hydrogens (primary N) is 4. The van der Waals surface area contributed by atoms with Gasteiger partial charge in [0, 0.05) is 0 Å². The first-order valence-corrected chi connectivity index (χ1v) is 3.17. The fourth-order valence-corrected chi connectivity index (χ4v) is 0.813. The Morgan fingerprint density at radius 2 is 1.45 bits per heavy atom. The predicted octanol–water partition coefficient (Wildman–Crippen LogP) is 0.0638. The van der Waals surface area contributed by atoms with Crippen LogP contribution in [0.3, 0.4) is 0 Å². The summed E-state index contributed by atoms with van der Waals surface area (Å²) in [7, 11) is 0. The van der Waals surface area contributed by atoms with Crippen LogP contribution in [0.5, 0.6) is 0 Å². The van der Waals surface area contributed by atoms with E-state index >= 15 is 0 Å². The maximum Gasteiger partial charge on any atom is 0.156 e. The van der Waals surface area contributed by atoms with E-state index in [1.54, 1.807) is 0 Å². The first kappa shape index (κ1) is 7.74. The van der Waals surface area contributed by atoms with Crippen LogP contribution in [0.2, 0.25) is 5.15 Å². The van der Waals surface area contributed by atoms with E-state index in [-0.39, 0.29) is 28.0 Å². The Morgan fingerprint density at radius 3 is 2.00 bits per heavy atom. The summed E-state index contributed by atoms with van der Waals surface area (Å²) in [6, 6.07) is 0. The largest absolute Gasteiger partial charge is 0.395 e. The zero-order valence-electron chi connectivity index (χ0n) is 5.63. The molecule has 1 heterocycles. The van der Waals surface area contributed by atoms with E-state index in [1.165, 1.54) is 0 Å². The normalized spacial score (nSPS) is 9.91. The standard InChI is InChI=1S/C5H8ClN5/c6-4-2(8)1(7)3(9)5(10)11-4/h8-9H2,(H4,7,10,11). The summed E-state index contributed by atoms with van der Waals surface area (Å²) >= 11 is 5.54. The number of nitrogen functional groups attached to an aromatic ring is 4. The van der Waals surface area contributed by atoms with Crippen molar-refractivity contribution >= 4 is 34.5 Å². The predicted molar refractivity (Wildman–Crippen MR) is 46.9 cm³/mol. The molecule has 11 heavy (non-hydrogen) atoms. The van der Waals surface area contributed by atoms with E-state index in [0.717, 1.165) is 0 Å². The highest BCUT2D eigenvalue weighted by molar-refractivity contribution is 6.33. The Bertz CT molecular complexity index is 271. The van der Waals surface area contributed by atoms with Gasteiger partial charge in [-0.25, -0.2) is 4.98 Å². The van der Waals surface area contributed by atoms with Gasteiger partial charge >= 0.3 is 0 Å². The molecule has 0 radical (unpaired) electrons. The summed E-state index contributed by atoms with van der Waals surface area (Å²) in [6.45, 7) is 0. The summed E-state index contributed by atoms with van der Waals surface area (Å²) in [4.78, 5) is 3.65. The second-order valence-corrected chi connectivity index (χ2v) is 2.39. The SMILES string of the molecule is Nc1nc(Cl)c(N)c(N)c1N. The molecule has 0 aliphatic carbocycles. The molecule has 6 heteroatoms. The first-order valence-electron chi connectivity index (χ1n) is 2.79. The molecule has 0 aliphatic rings. The van der Waals surface area contributed by atoms with Gasteiger partial charge in [-0.05, 0) is 0 Å². The molecule has 0 saturated carbocycles. The fourth-order valence-electron chi connectivity index (χ4n) is 0.620. The fraction of sp³-hybridized carbons (Fsp3) is 0. The van der Waals surface area contributed by atoms with Crippen LogP contribution >= 0.6 is 11.6 Å². The lowest BCUT2D eigenvalue weighted by Gasteiger charge is -2.06. The van der Waals surface area contributed by atoms with Crippen LogP contribution in [0.4, 0.5) is 22.9 Å². The number of halogens is 1. The maximum atomic E-state index is 5.54. The van der Waals surface area contributed by atoms with Crippen LogP contribution < -0.4 is 22.9 Å². The van der Waals surface area contributed by atoms with Crippen molar-refractivity contribution in [2.75, 3.05) is 22.9 Å². The van der Waals surface area contributed by atoms with Gasteiger partial charge in [0.25, 0.3) is 0 Å². The highest BCUT2D eigenvalue weighted by Gasteiger charge is 2.08. The van der Waals surface area contributed by atoms with E-state index in [2.05, 4.69) is 4.98 Å². The zero-order chi connectivity index (χ0) is 8.59. The quantitative estimate of drug-likeness (QED) is 0.414. The minimum atomic E-state index is 0.0780. The smallest absolute Gasteiger partial charge is 0.156 e. The lowest BCUT2D eigenvalue weighted by Crippen LogP contribution is -2.06. The topological polar surface area (TPSA) is 117 Å². The van der Waals surface area contributed by atoms with Gasteiger partial charge in [0.15, 0.2) is 11.0 Å².